The third-order valence-electron chi connectivity index (χ3n) is 6.70. The zero-order valence-electron chi connectivity index (χ0n) is 20.9. The van der Waals surface area contributed by atoms with E-state index in [1.54, 1.807) is 12.1 Å². The summed E-state index contributed by atoms with van der Waals surface area (Å²) in [5, 5.41) is 12.8. The number of ether oxygens (including phenoxy) is 3. The predicted molar refractivity (Wildman–Crippen MR) is 133 cm³/mol. The van der Waals surface area contributed by atoms with E-state index in [2.05, 4.69) is 10.3 Å². The van der Waals surface area contributed by atoms with Crippen molar-refractivity contribution in [2.45, 2.75) is 37.0 Å². The molecule has 0 saturated heterocycles. The van der Waals surface area contributed by atoms with Crippen molar-refractivity contribution in [1.82, 2.24) is 10.3 Å². The number of alkyl halides is 3. The Hall–Kier alpha value is -3.86. The first-order valence-corrected chi connectivity index (χ1v) is 12.4. The fourth-order valence-electron chi connectivity index (χ4n) is 4.38. The Labute approximate surface area is 221 Å². The fraction of sp³-hybridized carbons (Fsp3) is 0.357. The molecule has 2 heterocycles. The summed E-state index contributed by atoms with van der Waals surface area (Å²) in [7, 11) is 1.47. The van der Waals surface area contributed by atoms with E-state index in [9.17, 15) is 27.5 Å². The number of nitrogens with one attached hydrogen (secondary N) is 1. The summed E-state index contributed by atoms with van der Waals surface area (Å²) >= 11 is 0. The first-order chi connectivity index (χ1) is 18.7. The molecule has 2 aliphatic rings. The molecule has 1 aliphatic heterocycles. The van der Waals surface area contributed by atoms with E-state index in [-0.39, 0.29) is 40.9 Å². The molecule has 0 spiro atoms. The number of amides is 1. The van der Waals surface area contributed by atoms with Crippen LogP contribution in [0.3, 0.4) is 0 Å². The van der Waals surface area contributed by atoms with Crippen LogP contribution >= 0.6 is 0 Å². The van der Waals surface area contributed by atoms with Gasteiger partial charge in [-0.05, 0) is 61.4 Å². The number of aliphatic hydroxyl groups excluding tert-OH is 1. The van der Waals surface area contributed by atoms with E-state index >= 15 is 0 Å². The van der Waals surface area contributed by atoms with Crippen molar-refractivity contribution >= 4 is 5.91 Å². The number of pyridine rings is 1. The van der Waals surface area contributed by atoms with E-state index in [0.717, 1.165) is 12.8 Å². The highest BCUT2D eigenvalue weighted by Crippen LogP contribution is 2.48. The molecule has 0 bridgehead atoms. The Morgan fingerprint density at radius 3 is 2.54 bits per heavy atom. The molecule has 2 atom stereocenters. The largest absolute Gasteiger partial charge is 0.493 e. The van der Waals surface area contributed by atoms with Crippen molar-refractivity contribution in [3.8, 4) is 28.5 Å². The lowest BCUT2D eigenvalue weighted by atomic mass is 9.94. The van der Waals surface area contributed by atoms with Crippen molar-refractivity contribution in [2.24, 2.45) is 0 Å². The second-order valence-corrected chi connectivity index (χ2v) is 9.50. The average molecular weight is 547 g/mol. The second kappa shape index (κ2) is 10.7. The number of rotatable bonds is 9. The van der Waals surface area contributed by atoms with Crippen LogP contribution in [-0.4, -0.2) is 55.1 Å². The third-order valence-corrected chi connectivity index (χ3v) is 6.70. The van der Waals surface area contributed by atoms with Crippen molar-refractivity contribution < 1.29 is 41.7 Å². The van der Waals surface area contributed by atoms with Gasteiger partial charge in [-0.3, -0.25) is 4.79 Å². The van der Waals surface area contributed by atoms with Gasteiger partial charge >= 0.3 is 6.18 Å². The highest BCUT2D eigenvalue weighted by atomic mass is 19.4. The van der Waals surface area contributed by atoms with Gasteiger partial charge in [0.2, 0.25) is 0 Å². The molecule has 0 unspecified atom stereocenters. The van der Waals surface area contributed by atoms with Crippen LogP contribution in [0.15, 0.2) is 48.5 Å². The third kappa shape index (κ3) is 5.78. The minimum absolute atomic E-state index is 0.0333. The molecule has 1 saturated carbocycles. The first kappa shape index (κ1) is 26.7. The minimum atomic E-state index is -4.57. The quantitative estimate of drug-likeness (QED) is 0.368. The number of nitrogens with zero attached hydrogens (tertiary/aromatic N) is 1. The van der Waals surface area contributed by atoms with Crippen LogP contribution in [0.5, 0.6) is 17.2 Å². The monoisotopic (exact) mass is 546 g/mol. The maximum absolute atomic E-state index is 13.8. The average Bonchev–Trinajstić information content (AvgIpc) is 3.62. The summed E-state index contributed by atoms with van der Waals surface area (Å²) < 4.78 is 71.3. The molecule has 1 aromatic heterocycles. The summed E-state index contributed by atoms with van der Waals surface area (Å²) in [5.74, 6) is -2.80. The molecule has 0 radical (unpaired) electrons. The predicted octanol–water partition coefficient (Wildman–Crippen LogP) is 4.98. The Morgan fingerprint density at radius 1 is 1.15 bits per heavy atom. The van der Waals surface area contributed by atoms with Gasteiger partial charge in [-0.15, -0.1) is 0 Å². The van der Waals surface area contributed by atoms with Gasteiger partial charge in [-0.1, -0.05) is 0 Å². The maximum Gasteiger partial charge on any atom is 0.399 e. The number of methoxy groups -OCH3 is 1. The molecule has 1 fully saturated rings. The Bertz CT molecular complexity index is 1360. The Balaban J connectivity index is 1.40. The minimum Gasteiger partial charge on any atom is -0.493 e. The van der Waals surface area contributed by atoms with Gasteiger partial charge in [-0.25, -0.2) is 9.37 Å². The molecular formula is C28H26F4N2O5. The van der Waals surface area contributed by atoms with Crippen LogP contribution in [0.1, 0.15) is 46.3 Å². The molecule has 2 N–H and O–H groups in total. The van der Waals surface area contributed by atoms with E-state index in [1.807, 2.05) is 0 Å². The maximum atomic E-state index is 13.8. The lowest BCUT2D eigenvalue weighted by Crippen LogP contribution is -2.30. The van der Waals surface area contributed by atoms with Gasteiger partial charge in [0.15, 0.2) is 11.5 Å². The number of carbonyl (C=O) groups excluding carboxylic acids is 1. The van der Waals surface area contributed by atoms with Gasteiger partial charge in [0, 0.05) is 34.8 Å². The molecule has 39 heavy (non-hydrogen) atoms. The summed E-state index contributed by atoms with van der Waals surface area (Å²) in [4.78, 5) is 17.4. The normalized spacial score (nSPS) is 17.2. The van der Waals surface area contributed by atoms with E-state index < -0.39 is 43.0 Å². The van der Waals surface area contributed by atoms with Crippen molar-refractivity contribution in [3.05, 3.63) is 71.2 Å². The zero-order chi connectivity index (χ0) is 27.7. The number of halogens is 4. The standard InChI is InChI=1S/C28H26F4N2O5/c1-37-24-10-16(4-9-23(24)39-19-7-8-19)27(36)33-12-17(13-35)22-11-20-21(28(30,31)32)14-38-26(20)25(34-22)15-2-5-18(29)6-3-15/h2-6,9-11,17,19,21,35H,7-8,12-14H2,1H3,(H,33,36)/t17-,21+/m0/s1. The molecule has 11 heteroatoms. The van der Waals surface area contributed by atoms with Crippen molar-refractivity contribution in [1.29, 1.82) is 0 Å². The smallest absolute Gasteiger partial charge is 0.399 e. The van der Waals surface area contributed by atoms with Crippen LogP contribution in [0.25, 0.3) is 11.3 Å². The summed E-state index contributed by atoms with van der Waals surface area (Å²) in [6.07, 6.45) is -2.50. The zero-order valence-corrected chi connectivity index (χ0v) is 20.9. The van der Waals surface area contributed by atoms with Gasteiger partial charge in [-0.2, -0.15) is 13.2 Å². The summed E-state index contributed by atoms with van der Waals surface area (Å²) in [6, 6.07) is 11.1. The van der Waals surface area contributed by atoms with E-state index in [4.69, 9.17) is 14.2 Å². The van der Waals surface area contributed by atoms with Crippen LogP contribution in [0.4, 0.5) is 17.6 Å². The number of fused-ring (bicyclic) bond motifs is 1. The van der Waals surface area contributed by atoms with E-state index in [0.29, 0.717) is 17.1 Å². The molecule has 5 rings (SSSR count). The number of hydrogen-bond acceptors (Lipinski definition) is 6. The van der Waals surface area contributed by atoms with Crippen LogP contribution < -0.4 is 19.5 Å². The summed E-state index contributed by atoms with van der Waals surface area (Å²) in [6.45, 7) is -1.21. The summed E-state index contributed by atoms with van der Waals surface area (Å²) in [5.41, 5.74) is 0.772. The highest BCUT2D eigenvalue weighted by Gasteiger charge is 2.47. The first-order valence-electron chi connectivity index (χ1n) is 12.4. The number of benzene rings is 2. The Kier molecular flexibility index (Phi) is 7.35. The van der Waals surface area contributed by atoms with Gasteiger partial charge < -0.3 is 24.6 Å². The van der Waals surface area contributed by atoms with Crippen LogP contribution in [0, 0.1) is 5.82 Å². The van der Waals surface area contributed by atoms with Gasteiger partial charge in [0.1, 0.15) is 29.8 Å². The van der Waals surface area contributed by atoms with Crippen molar-refractivity contribution in [2.75, 3.05) is 26.9 Å². The van der Waals surface area contributed by atoms with Crippen LogP contribution in [-0.2, 0) is 0 Å². The van der Waals surface area contributed by atoms with E-state index in [1.165, 1.54) is 43.5 Å². The Morgan fingerprint density at radius 2 is 1.90 bits per heavy atom. The number of aliphatic hydroxyl groups is 1. The lowest BCUT2D eigenvalue weighted by molar-refractivity contribution is -0.151. The SMILES string of the molecule is COc1cc(C(=O)NC[C@@H](CO)c2cc3c(c(-c4ccc(F)cc4)n2)OC[C@H]3C(F)(F)F)ccc1OC1CC1. The number of hydrogen-bond donors (Lipinski definition) is 2. The molecule has 1 aliphatic carbocycles. The number of aromatic nitrogens is 1. The molecule has 3 aromatic rings. The number of carbonyl (C=O) groups is 1. The second-order valence-electron chi connectivity index (χ2n) is 9.50. The molecule has 206 valence electrons. The molecule has 2 aromatic carbocycles. The highest BCUT2D eigenvalue weighted by molar-refractivity contribution is 5.95. The molecule has 1 amide bonds. The van der Waals surface area contributed by atoms with Crippen molar-refractivity contribution in [3.63, 3.8) is 0 Å². The fourth-order valence-corrected chi connectivity index (χ4v) is 4.38. The topological polar surface area (TPSA) is 89.9 Å². The molecular weight excluding hydrogens is 520 g/mol. The van der Waals surface area contributed by atoms with Gasteiger partial charge in [0.05, 0.1) is 19.8 Å². The van der Waals surface area contributed by atoms with Gasteiger partial charge in [0.25, 0.3) is 5.91 Å². The lowest BCUT2D eigenvalue weighted by Gasteiger charge is -2.19. The molecule has 7 nitrogen and oxygen atoms in total. The van der Waals surface area contributed by atoms with Crippen LogP contribution in [0.2, 0.25) is 0 Å².